The molecule has 2 N–H and O–H groups in total. The number of benzene rings is 2. The molecule has 1 atom stereocenters. The van der Waals surface area contributed by atoms with Crippen molar-refractivity contribution in [2.75, 3.05) is 11.6 Å². The number of carbonyl (C=O) groups is 1. The number of para-hydroxylation sites is 1. The van der Waals surface area contributed by atoms with E-state index in [9.17, 15) is 22.4 Å². The number of hydrogen-bond donors (Lipinski definition) is 2. The molecule has 0 fully saturated rings. The zero-order chi connectivity index (χ0) is 21.0. The third kappa shape index (κ3) is 5.39. The molecule has 29 heavy (non-hydrogen) atoms. The van der Waals surface area contributed by atoms with Gasteiger partial charge in [-0.3, -0.25) is 4.79 Å². The van der Waals surface area contributed by atoms with E-state index in [2.05, 4.69) is 10.7 Å². The molecule has 0 saturated carbocycles. The number of rotatable bonds is 6. The second-order valence-electron chi connectivity index (χ2n) is 6.13. The first-order chi connectivity index (χ1) is 13.7. The van der Waals surface area contributed by atoms with Gasteiger partial charge in [0.05, 0.1) is 10.7 Å². The Morgan fingerprint density at radius 2 is 1.86 bits per heavy atom. The zero-order valence-electron chi connectivity index (χ0n) is 14.8. The van der Waals surface area contributed by atoms with Crippen molar-refractivity contribution in [3.8, 4) is 0 Å². The van der Waals surface area contributed by atoms with Gasteiger partial charge in [-0.25, -0.2) is 14.8 Å². The summed E-state index contributed by atoms with van der Waals surface area (Å²) in [6, 6.07) is 9.81. The molecule has 0 spiro atoms. The quantitative estimate of drug-likeness (QED) is 0.684. The predicted octanol–water partition coefficient (Wildman–Crippen LogP) is 3.91. The van der Waals surface area contributed by atoms with Gasteiger partial charge in [0.1, 0.15) is 11.9 Å². The molecule has 1 heterocycles. The van der Waals surface area contributed by atoms with E-state index in [0.29, 0.717) is 5.56 Å². The third-order valence-electron chi connectivity index (χ3n) is 4.00. The number of anilines is 1. The summed E-state index contributed by atoms with van der Waals surface area (Å²) in [5, 5.41) is 3.80. The molecule has 1 unspecified atom stereocenters. The molecule has 2 aromatic carbocycles. The minimum absolute atomic E-state index is 0.124. The van der Waals surface area contributed by atoms with Crippen LogP contribution in [0.3, 0.4) is 0 Å². The monoisotopic (exact) mass is 429 g/mol. The van der Waals surface area contributed by atoms with Crippen LogP contribution in [0.1, 0.15) is 5.56 Å². The molecular weight excluding hydrogens is 414 g/mol. The molecule has 0 bridgehead atoms. The fourth-order valence-electron chi connectivity index (χ4n) is 2.55. The maximum Gasteiger partial charge on any atom is 0.409 e. The van der Waals surface area contributed by atoms with Crippen LogP contribution in [-0.4, -0.2) is 24.7 Å². The molecule has 1 amide bonds. The predicted molar refractivity (Wildman–Crippen MR) is 99.2 cm³/mol. The summed E-state index contributed by atoms with van der Waals surface area (Å²) in [6.45, 7) is -0.389. The molecule has 10 heteroatoms. The SMILES string of the molecule is O=C(COC1=CC(C(F)(F)F)NN1c1ccccc1Cl)NCc1ccc(F)cc1. The van der Waals surface area contributed by atoms with Gasteiger partial charge in [0.25, 0.3) is 5.91 Å². The van der Waals surface area contributed by atoms with E-state index in [1.165, 1.54) is 36.4 Å². The molecule has 5 nitrogen and oxygen atoms in total. The Morgan fingerprint density at radius 3 is 2.52 bits per heavy atom. The summed E-state index contributed by atoms with van der Waals surface area (Å²) >= 11 is 6.07. The van der Waals surface area contributed by atoms with Gasteiger partial charge in [0.2, 0.25) is 5.88 Å². The average Bonchev–Trinajstić information content (AvgIpc) is 3.11. The number of ether oxygens (including phenoxy) is 1. The van der Waals surface area contributed by atoms with Crippen LogP contribution in [0.5, 0.6) is 0 Å². The Morgan fingerprint density at radius 1 is 1.17 bits per heavy atom. The second kappa shape index (κ2) is 8.71. The van der Waals surface area contributed by atoms with Crippen molar-refractivity contribution in [3.63, 3.8) is 0 Å². The Bertz CT molecular complexity index is 903. The molecule has 0 aromatic heterocycles. The van der Waals surface area contributed by atoms with Gasteiger partial charge in [-0.15, -0.1) is 0 Å². The maximum absolute atomic E-state index is 13.1. The Kier molecular flexibility index (Phi) is 6.29. The zero-order valence-corrected chi connectivity index (χ0v) is 15.6. The number of hydrazine groups is 1. The van der Waals surface area contributed by atoms with E-state index in [1.807, 2.05) is 0 Å². The van der Waals surface area contributed by atoms with Crippen molar-refractivity contribution in [3.05, 3.63) is 76.9 Å². The molecule has 1 aliphatic rings. The van der Waals surface area contributed by atoms with Crippen LogP contribution in [0.2, 0.25) is 5.02 Å². The smallest absolute Gasteiger partial charge is 0.409 e. The average molecular weight is 430 g/mol. The van der Waals surface area contributed by atoms with Crippen LogP contribution < -0.4 is 15.8 Å². The molecule has 2 aromatic rings. The molecule has 154 valence electrons. The summed E-state index contributed by atoms with van der Waals surface area (Å²) in [6.07, 6.45) is -3.73. The van der Waals surface area contributed by atoms with Crippen LogP contribution in [0.4, 0.5) is 23.2 Å². The minimum atomic E-state index is -4.56. The second-order valence-corrected chi connectivity index (χ2v) is 6.54. The van der Waals surface area contributed by atoms with Gasteiger partial charge >= 0.3 is 6.18 Å². The van der Waals surface area contributed by atoms with Crippen molar-refractivity contribution >= 4 is 23.2 Å². The molecule has 1 aliphatic heterocycles. The van der Waals surface area contributed by atoms with Gasteiger partial charge in [-0.1, -0.05) is 35.9 Å². The highest BCUT2D eigenvalue weighted by atomic mass is 35.5. The summed E-state index contributed by atoms with van der Waals surface area (Å²) in [5.41, 5.74) is 3.18. The van der Waals surface area contributed by atoms with Gasteiger partial charge in [0, 0.05) is 12.6 Å². The first-order valence-electron chi connectivity index (χ1n) is 8.47. The fourth-order valence-corrected chi connectivity index (χ4v) is 2.77. The van der Waals surface area contributed by atoms with E-state index in [-0.39, 0.29) is 23.1 Å². The molecule has 3 rings (SSSR count). The van der Waals surface area contributed by atoms with Crippen LogP contribution in [-0.2, 0) is 16.1 Å². The lowest BCUT2D eigenvalue weighted by atomic mass is 10.2. The van der Waals surface area contributed by atoms with Crippen LogP contribution >= 0.6 is 11.6 Å². The number of nitrogens with one attached hydrogen (secondary N) is 2. The summed E-state index contributed by atoms with van der Waals surface area (Å²) in [7, 11) is 0. The third-order valence-corrected chi connectivity index (χ3v) is 4.32. The lowest BCUT2D eigenvalue weighted by molar-refractivity contribution is -0.142. The van der Waals surface area contributed by atoms with Gasteiger partial charge in [-0.2, -0.15) is 13.2 Å². The minimum Gasteiger partial charge on any atom is -0.468 e. The van der Waals surface area contributed by atoms with Crippen LogP contribution in [0, 0.1) is 5.82 Å². The summed E-state index contributed by atoms with van der Waals surface area (Å²) in [5.74, 6) is -1.15. The van der Waals surface area contributed by atoms with E-state index >= 15 is 0 Å². The number of carbonyl (C=O) groups excluding carboxylic acids is 1. The van der Waals surface area contributed by atoms with Gasteiger partial charge < -0.3 is 10.1 Å². The first-order valence-corrected chi connectivity index (χ1v) is 8.85. The maximum atomic E-state index is 13.1. The fraction of sp³-hybridized carbons (Fsp3) is 0.211. The standard InChI is InChI=1S/C19H16ClF4N3O2/c20-14-3-1-2-4-15(14)27-18(9-16(26-27)19(22,23)24)29-11-17(28)25-10-12-5-7-13(21)8-6-12/h1-9,16,26H,10-11H2,(H,25,28). The lowest BCUT2D eigenvalue weighted by Crippen LogP contribution is -2.45. The normalized spacial score (nSPS) is 16.5. The number of alkyl halides is 3. The summed E-state index contributed by atoms with van der Waals surface area (Å²) < 4.78 is 57.6. The number of nitrogens with zero attached hydrogens (tertiary/aromatic N) is 1. The van der Waals surface area contributed by atoms with Crippen molar-refractivity contribution in [1.29, 1.82) is 0 Å². The number of amides is 1. The topological polar surface area (TPSA) is 53.6 Å². The first kappa shape index (κ1) is 20.9. The largest absolute Gasteiger partial charge is 0.468 e. The van der Waals surface area contributed by atoms with Crippen molar-refractivity contribution in [2.24, 2.45) is 0 Å². The van der Waals surface area contributed by atoms with Crippen molar-refractivity contribution in [2.45, 2.75) is 18.8 Å². The Labute approximate surface area is 168 Å². The summed E-state index contributed by atoms with van der Waals surface area (Å²) in [4.78, 5) is 12.0. The highest BCUT2D eigenvalue weighted by molar-refractivity contribution is 6.33. The Balaban J connectivity index is 1.64. The number of halogens is 5. The van der Waals surface area contributed by atoms with Crippen molar-refractivity contribution in [1.82, 2.24) is 10.7 Å². The molecule has 0 saturated heterocycles. The van der Waals surface area contributed by atoms with Crippen LogP contribution in [0.15, 0.2) is 60.5 Å². The highest BCUT2D eigenvalue weighted by Crippen LogP contribution is 2.33. The molecule has 0 aliphatic carbocycles. The molecule has 0 radical (unpaired) electrons. The van der Waals surface area contributed by atoms with E-state index < -0.39 is 30.5 Å². The van der Waals surface area contributed by atoms with Gasteiger partial charge in [0.15, 0.2) is 6.61 Å². The lowest BCUT2D eigenvalue weighted by Gasteiger charge is -2.25. The van der Waals surface area contributed by atoms with E-state index in [4.69, 9.17) is 16.3 Å². The van der Waals surface area contributed by atoms with Crippen LogP contribution in [0.25, 0.3) is 0 Å². The van der Waals surface area contributed by atoms with E-state index in [0.717, 1.165) is 11.1 Å². The van der Waals surface area contributed by atoms with E-state index in [1.54, 1.807) is 12.1 Å². The highest BCUT2D eigenvalue weighted by Gasteiger charge is 2.44. The van der Waals surface area contributed by atoms with Crippen molar-refractivity contribution < 1.29 is 27.1 Å². The van der Waals surface area contributed by atoms with Gasteiger partial charge in [-0.05, 0) is 29.8 Å². The molecular formula is C19H16ClF4N3O2. The number of hydrogen-bond acceptors (Lipinski definition) is 4. The Hall–Kier alpha value is -2.78.